The van der Waals surface area contributed by atoms with Gasteiger partial charge in [-0.05, 0) is 18.2 Å². The molecule has 0 heterocycles. The molecule has 5 heteroatoms. The highest BCUT2D eigenvalue weighted by Gasteiger charge is 2.04. The lowest BCUT2D eigenvalue weighted by Gasteiger charge is -2.10. The molecule has 0 aliphatic carbocycles. The van der Waals surface area contributed by atoms with E-state index < -0.39 is 0 Å². The van der Waals surface area contributed by atoms with Crippen LogP contribution in [0.15, 0.2) is 18.2 Å². The normalized spacial score (nSPS) is 10.5. The van der Waals surface area contributed by atoms with E-state index in [1.54, 1.807) is 13.2 Å². The van der Waals surface area contributed by atoms with Crippen LogP contribution in [-0.2, 0) is 15.4 Å². The first-order valence-corrected chi connectivity index (χ1v) is 5.85. The zero-order valence-corrected chi connectivity index (χ0v) is 10.5. The van der Waals surface area contributed by atoms with Crippen molar-refractivity contribution in [1.82, 2.24) is 0 Å². The molecule has 0 spiro atoms. The van der Waals surface area contributed by atoms with Crippen LogP contribution >= 0.6 is 11.6 Å². The smallest absolute Gasteiger partial charge is 0.124 e. The molecule has 0 N–H and O–H groups in total. The summed E-state index contributed by atoms with van der Waals surface area (Å²) in [6, 6.07) is 4.29. The predicted octanol–water partition coefficient (Wildman–Crippen LogP) is 2.61. The Morgan fingerprint density at radius 3 is 2.65 bits per heavy atom. The van der Waals surface area contributed by atoms with Gasteiger partial charge in [0.05, 0.1) is 25.7 Å². The van der Waals surface area contributed by atoms with Gasteiger partial charge >= 0.3 is 0 Å². The van der Waals surface area contributed by atoms with Crippen molar-refractivity contribution in [2.45, 2.75) is 5.88 Å². The minimum atomic E-state index is -0.315. The quantitative estimate of drug-likeness (QED) is 0.532. The lowest BCUT2D eigenvalue weighted by Crippen LogP contribution is -2.10. The van der Waals surface area contributed by atoms with Crippen LogP contribution in [0.3, 0.4) is 0 Å². The zero-order chi connectivity index (χ0) is 12.5. The molecule has 0 aliphatic heterocycles. The first-order chi connectivity index (χ1) is 8.27. The summed E-state index contributed by atoms with van der Waals surface area (Å²) in [7, 11) is 1.62. The van der Waals surface area contributed by atoms with Crippen molar-refractivity contribution < 1.29 is 18.6 Å². The number of halogens is 2. The minimum Gasteiger partial charge on any atom is -0.491 e. The number of alkyl halides is 1. The number of hydrogen-bond acceptors (Lipinski definition) is 3. The van der Waals surface area contributed by atoms with Gasteiger partial charge in [-0.15, -0.1) is 11.6 Å². The first-order valence-electron chi connectivity index (χ1n) is 5.31. The molecule has 96 valence electrons. The molecule has 0 amide bonds. The summed E-state index contributed by atoms with van der Waals surface area (Å²) < 4.78 is 28.4. The van der Waals surface area contributed by atoms with Gasteiger partial charge in [0.25, 0.3) is 0 Å². The fourth-order valence-corrected chi connectivity index (χ4v) is 1.46. The Hall–Kier alpha value is -0.840. The molecule has 0 bridgehead atoms. The summed E-state index contributed by atoms with van der Waals surface area (Å²) in [5, 5.41) is 0. The summed E-state index contributed by atoms with van der Waals surface area (Å²) in [6.07, 6.45) is 0. The van der Waals surface area contributed by atoms with Crippen molar-refractivity contribution in [1.29, 1.82) is 0 Å². The average Bonchev–Trinajstić information content (AvgIpc) is 2.35. The summed E-state index contributed by atoms with van der Waals surface area (Å²) in [4.78, 5) is 0. The van der Waals surface area contributed by atoms with Gasteiger partial charge in [-0.2, -0.15) is 0 Å². The predicted molar refractivity (Wildman–Crippen MR) is 64.1 cm³/mol. The molecule has 1 aromatic carbocycles. The molecule has 0 fully saturated rings. The number of hydrogen-bond donors (Lipinski definition) is 0. The Labute approximate surface area is 105 Å². The highest BCUT2D eigenvalue weighted by atomic mass is 35.5. The van der Waals surface area contributed by atoms with Crippen LogP contribution in [0.1, 0.15) is 5.56 Å². The highest BCUT2D eigenvalue weighted by Crippen LogP contribution is 2.21. The SMILES string of the molecule is COCCOCCOc1ccc(F)cc1CCl. The fraction of sp³-hybridized carbons (Fsp3) is 0.500. The van der Waals surface area contributed by atoms with E-state index in [1.165, 1.54) is 12.1 Å². The number of rotatable bonds is 8. The topological polar surface area (TPSA) is 27.7 Å². The van der Waals surface area contributed by atoms with Crippen LogP contribution in [0.4, 0.5) is 4.39 Å². The second kappa shape index (κ2) is 8.28. The van der Waals surface area contributed by atoms with Gasteiger partial charge in [-0.3, -0.25) is 0 Å². The Bertz CT molecular complexity index is 334. The number of methoxy groups -OCH3 is 1. The molecule has 0 saturated carbocycles. The third-order valence-electron chi connectivity index (χ3n) is 2.08. The minimum absolute atomic E-state index is 0.220. The van der Waals surface area contributed by atoms with Gasteiger partial charge in [0.2, 0.25) is 0 Å². The zero-order valence-electron chi connectivity index (χ0n) is 9.75. The molecule has 0 atom stereocenters. The number of ether oxygens (including phenoxy) is 3. The van der Waals surface area contributed by atoms with Gasteiger partial charge in [0, 0.05) is 12.7 Å². The van der Waals surface area contributed by atoms with E-state index in [1.807, 2.05) is 0 Å². The van der Waals surface area contributed by atoms with E-state index in [0.717, 1.165) is 0 Å². The molecule has 3 nitrogen and oxygen atoms in total. The average molecular weight is 263 g/mol. The van der Waals surface area contributed by atoms with Crippen molar-refractivity contribution >= 4 is 11.6 Å². The molecular weight excluding hydrogens is 247 g/mol. The Morgan fingerprint density at radius 2 is 1.94 bits per heavy atom. The van der Waals surface area contributed by atoms with Crippen molar-refractivity contribution in [3.05, 3.63) is 29.6 Å². The van der Waals surface area contributed by atoms with Gasteiger partial charge in [0.1, 0.15) is 18.2 Å². The van der Waals surface area contributed by atoms with Crippen LogP contribution in [0, 0.1) is 5.82 Å². The van der Waals surface area contributed by atoms with Crippen molar-refractivity contribution in [2.75, 3.05) is 33.5 Å². The van der Waals surface area contributed by atoms with E-state index in [9.17, 15) is 4.39 Å². The summed E-state index contributed by atoms with van der Waals surface area (Å²) in [5.74, 6) is 0.499. The maximum Gasteiger partial charge on any atom is 0.124 e. The lowest BCUT2D eigenvalue weighted by molar-refractivity contribution is 0.0543. The first kappa shape index (κ1) is 14.2. The van der Waals surface area contributed by atoms with Crippen molar-refractivity contribution in [2.24, 2.45) is 0 Å². The molecule has 0 unspecified atom stereocenters. The Balaban J connectivity index is 2.31. The monoisotopic (exact) mass is 262 g/mol. The van der Waals surface area contributed by atoms with Crippen LogP contribution in [0.5, 0.6) is 5.75 Å². The standard InChI is InChI=1S/C12H16ClFO3/c1-15-4-5-16-6-7-17-12-3-2-11(14)8-10(12)9-13/h2-3,8H,4-7,9H2,1H3. The summed E-state index contributed by atoms with van der Waals surface area (Å²) in [6.45, 7) is 1.96. The van der Waals surface area contributed by atoms with E-state index in [0.29, 0.717) is 37.7 Å². The third-order valence-corrected chi connectivity index (χ3v) is 2.37. The highest BCUT2D eigenvalue weighted by molar-refractivity contribution is 6.17. The van der Waals surface area contributed by atoms with Crippen LogP contribution in [-0.4, -0.2) is 33.5 Å². The second-order valence-corrected chi connectivity index (χ2v) is 3.61. The van der Waals surface area contributed by atoms with Crippen molar-refractivity contribution in [3.63, 3.8) is 0 Å². The second-order valence-electron chi connectivity index (χ2n) is 3.34. The van der Waals surface area contributed by atoms with Crippen LogP contribution in [0.25, 0.3) is 0 Å². The molecule has 1 aromatic rings. The van der Waals surface area contributed by atoms with Gasteiger partial charge in [-0.1, -0.05) is 0 Å². The lowest BCUT2D eigenvalue weighted by atomic mass is 10.2. The molecule has 0 radical (unpaired) electrons. The fourth-order valence-electron chi connectivity index (χ4n) is 1.25. The molecule has 17 heavy (non-hydrogen) atoms. The van der Waals surface area contributed by atoms with E-state index >= 15 is 0 Å². The maximum absolute atomic E-state index is 12.9. The summed E-state index contributed by atoms with van der Waals surface area (Å²) in [5.41, 5.74) is 0.642. The van der Waals surface area contributed by atoms with E-state index in [-0.39, 0.29) is 11.7 Å². The van der Waals surface area contributed by atoms with Crippen LogP contribution < -0.4 is 4.74 Å². The van der Waals surface area contributed by atoms with E-state index in [4.69, 9.17) is 25.8 Å². The summed E-state index contributed by atoms with van der Waals surface area (Å²) >= 11 is 5.69. The van der Waals surface area contributed by atoms with Gasteiger partial charge in [-0.25, -0.2) is 4.39 Å². The van der Waals surface area contributed by atoms with E-state index in [2.05, 4.69) is 0 Å². The Kier molecular flexibility index (Phi) is 6.93. The molecule has 0 saturated heterocycles. The largest absolute Gasteiger partial charge is 0.491 e. The maximum atomic E-state index is 12.9. The Morgan fingerprint density at radius 1 is 1.18 bits per heavy atom. The third kappa shape index (κ3) is 5.35. The van der Waals surface area contributed by atoms with Gasteiger partial charge < -0.3 is 14.2 Å². The molecular formula is C12H16ClFO3. The molecule has 0 aliphatic rings. The van der Waals surface area contributed by atoms with Gasteiger partial charge in [0.15, 0.2) is 0 Å². The van der Waals surface area contributed by atoms with Crippen molar-refractivity contribution in [3.8, 4) is 5.75 Å². The molecule has 1 rings (SSSR count). The van der Waals surface area contributed by atoms with Crippen LogP contribution in [0.2, 0.25) is 0 Å². The molecule has 0 aromatic heterocycles. The number of benzene rings is 1.